The van der Waals surface area contributed by atoms with Gasteiger partial charge in [0.05, 0.1) is 0 Å². The molecule has 5 rings (SSSR count). The molecule has 0 saturated carbocycles. The topological polar surface area (TPSA) is 130 Å². The first-order valence-electron chi connectivity index (χ1n) is 10.7. The van der Waals surface area contributed by atoms with Crippen LogP contribution in [0, 0.1) is 0 Å². The van der Waals surface area contributed by atoms with Crippen LogP contribution in [-0.2, 0) is 33.0 Å². The molecule has 2 aliphatic rings. The van der Waals surface area contributed by atoms with Gasteiger partial charge in [0.2, 0.25) is 11.8 Å². The lowest BCUT2D eigenvalue weighted by molar-refractivity contribution is -0.134. The highest BCUT2D eigenvalue weighted by molar-refractivity contribution is 6.11. The summed E-state index contributed by atoms with van der Waals surface area (Å²) in [5.41, 5.74) is 1.21. The van der Waals surface area contributed by atoms with E-state index in [1.807, 2.05) is 24.3 Å². The number of hydrogen-bond acceptors (Lipinski definition) is 5. The van der Waals surface area contributed by atoms with Crippen molar-refractivity contribution in [2.24, 2.45) is 0 Å². The molecule has 6 amide bonds. The van der Waals surface area contributed by atoms with Crippen LogP contribution < -0.4 is 16.0 Å². The largest absolute Gasteiger partial charge is 0.350 e. The lowest BCUT2D eigenvalue weighted by atomic mass is 9.91. The molecule has 2 aromatic carbocycles. The zero-order valence-electron chi connectivity index (χ0n) is 18.3. The molecule has 10 nitrogen and oxygen atoms in total. The van der Waals surface area contributed by atoms with Gasteiger partial charge in [0.15, 0.2) is 0 Å². The molecule has 1 fully saturated rings. The maximum absolute atomic E-state index is 12.9. The van der Waals surface area contributed by atoms with Crippen LogP contribution in [0.3, 0.4) is 0 Å². The molecule has 0 radical (unpaired) electrons. The molecule has 0 bridgehead atoms. The first kappa shape index (κ1) is 21.4. The predicted molar refractivity (Wildman–Crippen MR) is 120 cm³/mol. The van der Waals surface area contributed by atoms with Crippen LogP contribution in [0.1, 0.15) is 28.5 Å². The highest BCUT2D eigenvalue weighted by atomic mass is 16.2. The molecular formula is C24H21N5O5. The fraction of sp³-hybridized carbons (Fsp3) is 0.208. The number of rotatable bonds is 5. The summed E-state index contributed by atoms with van der Waals surface area (Å²) >= 11 is 0. The number of nitrogens with zero attached hydrogens (tertiary/aromatic N) is 2. The van der Waals surface area contributed by atoms with E-state index in [9.17, 15) is 24.0 Å². The van der Waals surface area contributed by atoms with E-state index < -0.39 is 41.7 Å². The number of carbonyl (C=O) groups is 5. The molecule has 2 aliphatic heterocycles. The van der Waals surface area contributed by atoms with Crippen molar-refractivity contribution in [3.63, 3.8) is 0 Å². The average molecular weight is 459 g/mol. The zero-order valence-corrected chi connectivity index (χ0v) is 18.3. The first-order chi connectivity index (χ1) is 16.3. The summed E-state index contributed by atoms with van der Waals surface area (Å²) in [5.74, 6) is -1.92. The molecule has 1 unspecified atom stereocenters. The van der Waals surface area contributed by atoms with E-state index in [1.54, 1.807) is 41.8 Å². The van der Waals surface area contributed by atoms with Crippen molar-refractivity contribution in [1.82, 2.24) is 25.4 Å². The van der Waals surface area contributed by atoms with Gasteiger partial charge < -0.3 is 15.2 Å². The molecule has 10 heteroatoms. The molecule has 3 heterocycles. The Hall–Kier alpha value is -4.47. The van der Waals surface area contributed by atoms with Crippen molar-refractivity contribution in [2.45, 2.75) is 25.6 Å². The van der Waals surface area contributed by atoms with Crippen LogP contribution in [0.25, 0.3) is 10.9 Å². The number of aromatic nitrogens is 1. The van der Waals surface area contributed by atoms with Gasteiger partial charge in [-0.25, -0.2) is 4.79 Å². The minimum absolute atomic E-state index is 0.0176. The molecule has 3 aromatic rings. The standard InChI is InChI=1S/C24H21N5O5/c1-24(22(33)26-23(34)27-24)16-7-4-5-14(9-16)11-25-19(30)12-29-20(31)13-28-17-8-3-2-6-15(17)10-18(28)21(29)32/h2-10H,11-13H2,1H3,(H,25,30)(H2,26,27,33,34). The molecule has 0 aliphatic carbocycles. The molecule has 34 heavy (non-hydrogen) atoms. The number of benzene rings is 2. The van der Waals surface area contributed by atoms with Crippen LogP contribution in [0.5, 0.6) is 0 Å². The fourth-order valence-corrected chi connectivity index (χ4v) is 4.33. The Morgan fingerprint density at radius 3 is 2.62 bits per heavy atom. The van der Waals surface area contributed by atoms with Crippen LogP contribution in [0.4, 0.5) is 4.79 Å². The Morgan fingerprint density at radius 1 is 1.06 bits per heavy atom. The van der Waals surface area contributed by atoms with E-state index >= 15 is 0 Å². The molecule has 1 aromatic heterocycles. The number of hydrogen-bond donors (Lipinski definition) is 3. The molecule has 1 saturated heterocycles. The van der Waals surface area contributed by atoms with E-state index in [2.05, 4.69) is 16.0 Å². The number of carbonyl (C=O) groups excluding carboxylic acids is 5. The molecule has 0 spiro atoms. The molecule has 3 N–H and O–H groups in total. The Labute approximate surface area is 193 Å². The number of urea groups is 1. The number of amides is 6. The van der Waals surface area contributed by atoms with Gasteiger partial charge in [-0.05, 0) is 30.2 Å². The Morgan fingerprint density at radius 2 is 1.85 bits per heavy atom. The second kappa shape index (κ2) is 7.84. The zero-order chi connectivity index (χ0) is 24.0. The van der Waals surface area contributed by atoms with E-state index in [0.29, 0.717) is 16.8 Å². The maximum Gasteiger partial charge on any atom is 0.322 e. The summed E-state index contributed by atoms with van der Waals surface area (Å²) in [6.45, 7) is 1.30. The summed E-state index contributed by atoms with van der Waals surface area (Å²) < 4.78 is 1.67. The smallest absolute Gasteiger partial charge is 0.322 e. The average Bonchev–Trinajstić information content (AvgIpc) is 3.32. The monoisotopic (exact) mass is 459 g/mol. The Balaban J connectivity index is 1.26. The second-order valence-electron chi connectivity index (χ2n) is 8.47. The van der Waals surface area contributed by atoms with Gasteiger partial charge in [0.1, 0.15) is 24.3 Å². The van der Waals surface area contributed by atoms with Crippen molar-refractivity contribution in [3.05, 3.63) is 71.4 Å². The number of imide groups is 2. The predicted octanol–water partition coefficient (Wildman–Crippen LogP) is 0.995. The van der Waals surface area contributed by atoms with Gasteiger partial charge in [-0.3, -0.25) is 29.4 Å². The van der Waals surface area contributed by atoms with Crippen molar-refractivity contribution < 1.29 is 24.0 Å². The fourth-order valence-electron chi connectivity index (χ4n) is 4.33. The summed E-state index contributed by atoms with van der Waals surface area (Å²) in [4.78, 5) is 62.8. The molecule has 172 valence electrons. The van der Waals surface area contributed by atoms with Gasteiger partial charge in [-0.1, -0.05) is 42.5 Å². The van der Waals surface area contributed by atoms with Crippen LogP contribution >= 0.6 is 0 Å². The van der Waals surface area contributed by atoms with Crippen molar-refractivity contribution >= 4 is 40.6 Å². The van der Waals surface area contributed by atoms with Gasteiger partial charge >= 0.3 is 6.03 Å². The van der Waals surface area contributed by atoms with E-state index in [4.69, 9.17) is 0 Å². The normalized spacial score (nSPS) is 19.7. The highest BCUT2D eigenvalue weighted by Crippen LogP contribution is 2.26. The minimum Gasteiger partial charge on any atom is -0.350 e. The van der Waals surface area contributed by atoms with Crippen LogP contribution in [0.15, 0.2) is 54.6 Å². The highest BCUT2D eigenvalue weighted by Gasteiger charge is 2.43. The van der Waals surface area contributed by atoms with Crippen molar-refractivity contribution in [1.29, 1.82) is 0 Å². The third kappa shape index (κ3) is 3.49. The summed E-state index contributed by atoms with van der Waals surface area (Å²) in [7, 11) is 0. The van der Waals surface area contributed by atoms with E-state index in [0.717, 1.165) is 15.8 Å². The lowest BCUT2D eigenvalue weighted by Gasteiger charge is -2.26. The summed E-state index contributed by atoms with van der Waals surface area (Å²) in [5, 5.41) is 8.38. The number of para-hydroxylation sites is 1. The third-order valence-corrected chi connectivity index (χ3v) is 6.21. The number of nitrogens with one attached hydrogen (secondary N) is 3. The van der Waals surface area contributed by atoms with Crippen LogP contribution in [0.2, 0.25) is 0 Å². The van der Waals surface area contributed by atoms with E-state index in [1.165, 1.54) is 0 Å². The third-order valence-electron chi connectivity index (χ3n) is 6.21. The first-order valence-corrected chi connectivity index (χ1v) is 10.7. The molecular weight excluding hydrogens is 438 g/mol. The van der Waals surface area contributed by atoms with Gasteiger partial charge in [-0.15, -0.1) is 0 Å². The minimum atomic E-state index is -1.21. The Bertz CT molecular complexity index is 1390. The van der Waals surface area contributed by atoms with Crippen LogP contribution in [-0.4, -0.2) is 45.7 Å². The Kier molecular flexibility index (Phi) is 4.93. The van der Waals surface area contributed by atoms with Crippen molar-refractivity contribution in [3.8, 4) is 0 Å². The summed E-state index contributed by atoms with van der Waals surface area (Å²) in [6.07, 6.45) is 0. The number of fused-ring (bicyclic) bond motifs is 3. The summed E-state index contributed by atoms with van der Waals surface area (Å²) in [6, 6.07) is 15.5. The van der Waals surface area contributed by atoms with Gasteiger partial charge in [0.25, 0.3) is 11.8 Å². The van der Waals surface area contributed by atoms with Gasteiger partial charge in [0, 0.05) is 17.4 Å². The quantitative estimate of drug-likeness (QED) is 0.387. The van der Waals surface area contributed by atoms with Crippen molar-refractivity contribution in [2.75, 3.05) is 6.54 Å². The SMILES string of the molecule is CC1(c2cccc(CNC(=O)CN3C(=O)Cn4c(cc5ccccc54)C3=O)c2)NC(=O)NC1=O. The molecule has 1 atom stereocenters. The van der Waals surface area contributed by atoms with E-state index in [-0.39, 0.29) is 13.1 Å². The lowest BCUT2D eigenvalue weighted by Crippen LogP contribution is -2.49. The van der Waals surface area contributed by atoms with Gasteiger partial charge in [-0.2, -0.15) is 0 Å². The second-order valence-corrected chi connectivity index (χ2v) is 8.47. The maximum atomic E-state index is 12.9.